The molecule has 2 saturated carbocycles. The van der Waals surface area contributed by atoms with Gasteiger partial charge in [-0.3, -0.25) is 4.98 Å². The molecule has 168 valence electrons. The van der Waals surface area contributed by atoms with E-state index in [0.29, 0.717) is 17.7 Å². The Bertz CT molecular complexity index is 1170. The van der Waals surface area contributed by atoms with Crippen LogP contribution in [0, 0.1) is 10.8 Å². The van der Waals surface area contributed by atoms with E-state index in [1.807, 2.05) is 13.0 Å². The third-order valence-corrected chi connectivity index (χ3v) is 7.06. The zero-order chi connectivity index (χ0) is 22.7. The number of phenols is 1. The molecule has 4 atom stereocenters. The lowest BCUT2D eigenvalue weighted by Gasteiger charge is -2.45. The Balaban J connectivity index is 1.41. The van der Waals surface area contributed by atoms with Crippen molar-refractivity contribution in [3.05, 3.63) is 36.8 Å². The fraction of sp³-hybridized carbons (Fsp3) is 0.478. The standard InChI is InChI=1S/C23H24F2N4O3/c1-21-11-22(2,23(24,25)12-21)8-18(19(21)31-3)32-20-27-10-16(28-29-20)15-6-13-4-5-26-9-14(13)7-17(15)30/h4-7,9-10,18-19,30H,8,11-12H2,1-3H3/t18-,19+,21+,22-/m0/s1. The lowest BCUT2D eigenvalue weighted by atomic mass is 9.67. The van der Waals surface area contributed by atoms with Gasteiger partial charge in [0.05, 0.1) is 12.3 Å². The fourth-order valence-electron chi connectivity index (χ4n) is 5.67. The molecule has 9 heteroatoms. The number of alkyl halides is 2. The summed E-state index contributed by atoms with van der Waals surface area (Å²) in [6, 6.07) is 5.20. The number of fused-ring (bicyclic) bond motifs is 3. The highest BCUT2D eigenvalue weighted by Gasteiger charge is 2.69. The SMILES string of the molecule is CO[C@@H]1[C@@H](Oc2ncc(-c3cc4ccncc4cc3O)nn2)C[C@@]2(C)C[C@]1(C)CC2(F)F. The number of rotatable bonds is 4. The minimum Gasteiger partial charge on any atom is -0.507 e. The first-order chi connectivity index (χ1) is 15.1. The molecule has 2 bridgehead atoms. The van der Waals surface area contributed by atoms with Gasteiger partial charge in [-0.15, -0.1) is 5.10 Å². The molecule has 2 fully saturated rings. The van der Waals surface area contributed by atoms with Crippen LogP contribution >= 0.6 is 0 Å². The Morgan fingerprint density at radius 3 is 2.62 bits per heavy atom. The zero-order valence-electron chi connectivity index (χ0n) is 18.0. The van der Waals surface area contributed by atoms with Crippen LogP contribution in [0.1, 0.15) is 33.1 Å². The molecule has 2 heterocycles. The van der Waals surface area contributed by atoms with E-state index < -0.39 is 29.0 Å². The molecule has 0 unspecified atom stereocenters. The molecule has 0 spiro atoms. The van der Waals surface area contributed by atoms with E-state index in [1.165, 1.54) is 13.3 Å². The van der Waals surface area contributed by atoms with Crippen LogP contribution in [0.5, 0.6) is 11.8 Å². The summed E-state index contributed by atoms with van der Waals surface area (Å²) >= 11 is 0. The number of methoxy groups -OCH3 is 1. The highest BCUT2D eigenvalue weighted by Crippen LogP contribution is 2.65. The van der Waals surface area contributed by atoms with E-state index in [0.717, 1.165) is 10.8 Å². The first-order valence-corrected chi connectivity index (χ1v) is 10.5. The summed E-state index contributed by atoms with van der Waals surface area (Å²) in [5.41, 5.74) is -1.03. The van der Waals surface area contributed by atoms with Crippen LogP contribution in [0.25, 0.3) is 22.0 Å². The molecular weight excluding hydrogens is 418 g/mol. The van der Waals surface area contributed by atoms with E-state index in [9.17, 15) is 13.9 Å². The highest BCUT2D eigenvalue weighted by molar-refractivity contribution is 5.89. The largest absolute Gasteiger partial charge is 0.507 e. The summed E-state index contributed by atoms with van der Waals surface area (Å²) in [4.78, 5) is 8.27. The lowest BCUT2D eigenvalue weighted by molar-refractivity contribution is -0.130. The van der Waals surface area contributed by atoms with E-state index >= 15 is 0 Å². The molecule has 5 rings (SSSR count). The minimum absolute atomic E-state index is 0.0119. The number of hydrogen-bond donors (Lipinski definition) is 1. The molecule has 3 aromatic rings. The van der Waals surface area contributed by atoms with Gasteiger partial charge in [-0.1, -0.05) is 18.9 Å². The maximum atomic E-state index is 14.8. The van der Waals surface area contributed by atoms with Crippen LogP contribution in [0.4, 0.5) is 8.78 Å². The van der Waals surface area contributed by atoms with E-state index in [2.05, 4.69) is 20.2 Å². The summed E-state index contributed by atoms with van der Waals surface area (Å²) in [6.45, 7) is 3.44. The second kappa shape index (κ2) is 7.03. The van der Waals surface area contributed by atoms with E-state index in [-0.39, 0.29) is 24.6 Å². The summed E-state index contributed by atoms with van der Waals surface area (Å²) < 4.78 is 41.1. The fourth-order valence-corrected chi connectivity index (χ4v) is 5.67. The number of ether oxygens (including phenoxy) is 2. The molecule has 32 heavy (non-hydrogen) atoms. The van der Waals surface area contributed by atoms with Gasteiger partial charge in [0.2, 0.25) is 0 Å². The van der Waals surface area contributed by atoms with Crippen LogP contribution in [-0.2, 0) is 4.74 Å². The van der Waals surface area contributed by atoms with E-state index in [1.54, 1.807) is 31.5 Å². The van der Waals surface area contributed by atoms with Gasteiger partial charge in [0, 0.05) is 47.7 Å². The van der Waals surface area contributed by atoms with Gasteiger partial charge in [-0.2, -0.15) is 0 Å². The predicted octanol–water partition coefficient (Wildman–Crippen LogP) is 4.40. The smallest absolute Gasteiger partial charge is 0.336 e. The molecule has 0 aliphatic heterocycles. The number of aromatic hydroxyl groups is 1. The normalized spacial score (nSPS) is 31.0. The maximum absolute atomic E-state index is 14.8. The Labute approximate surface area is 183 Å². The second-order valence-corrected chi connectivity index (χ2v) is 9.51. The molecule has 1 N–H and O–H groups in total. The molecule has 2 aromatic heterocycles. The van der Waals surface area contributed by atoms with Gasteiger partial charge in [0.15, 0.2) is 0 Å². The quantitative estimate of drug-likeness (QED) is 0.640. The number of pyridine rings is 1. The third kappa shape index (κ3) is 3.18. The molecule has 2 aliphatic rings. The Hall–Kier alpha value is -2.94. The van der Waals surface area contributed by atoms with Gasteiger partial charge in [0.1, 0.15) is 17.5 Å². The maximum Gasteiger partial charge on any atom is 0.336 e. The van der Waals surface area contributed by atoms with Crippen molar-refractivity contribution in [2.75, 3.05) is 7.11 Å². The van der Waals surface area contributed by atoms with Crippen LogP contribution in [0.15, 0.2) is 36.8 Å². The van der Waals surface area contributed by atoms with Crippen molar-refractivity contribution in [2.24, 2.45) is 10.8 Å². The third-order valence-electron chi connectivity index (χ3n) is 7.06. The summed E-state index contributed by atoms with van der Waals surface area (Å²) in [6.07, 6.45) is 3.92. The predicted molar refractivity (Wildman–Crippen MR) is 112 cm³/mol. The second-order valence-electron chi connectivity index (χ2n) is 9.51. The average Bonchev–Trinajstić information content (AvgIpc) is 2.88. The highest BCUT2D eigenvalue weighted by atomic mass is 19.3. The summed E-state index contributed by atoms with van der Waals surface area (Å²) in [5, 5.41) is 20.3. The molecule has 0 amide bonds. The van der Waals surface area contributed by atoms with Crippen molar-refractivity contribution in [3.8, 4) is 23.0 Å². The van der Waals surface area contributed by atoms with Gasteiger partial charge < -0.3 is 14.6 Å². The van der Waals surface area contributed by atoms with Crippen molar-refractivity contribution in [3.63, 3.8) is 0 Å². The van der Waals surface area contributed by atoms with Crippen molar-refractivity contribution in [1.82, 2.24) is 20.2 Å². The number of halogens is 2. The average molecular weight is 442 g/mol. The van der Waals surface area contributed by atoms with Gasteiger partial charge in [-0.25, -0.2) is 13.8 Å². The van der Waals surface area contributed by atoms with Crippen molar-refractivity contribution in [2.45, 2.75) is 51.2 Å². The molecule has 1 aromatic carbocycles. The first kappa shape index (κ1) is 20.9. The minimum atomic E-state index is -2.79. The van der Waals surface area contributed by atoms with Crippen LogP contribution in [-0.4, -0.2) is 50.5 Å². The first-order valence-electron chi connectivity index (χ1n) is 10.5. The topological polar surface area (TPSA) is 90.2 Å². The van der Waals surface area contributed by atoms with Gasteiger partial charge in [-0.05, 0) is 36.4 Å². The van der Waals surface area contributed by atoms with Crippen molar-refractivity contribution >= 4 is 10.8 Å². The number of phenolic OH excluding ortho intramolecular Hbond substituents is 1. The summed E-state index contributed by atoms with van der Waals surface area (Å²) in [5.74, 6) is -2.76. The molecular formula is C23H24F2N4O3. The van der Waals surface area contributed by atoms with Crippen LogP contribution < -0.4 is 4.74 Å². The van der Waals surface area contributed by atoms with Gasteiger partial charge in [0.25, 0.3) is 5.92 Å². The van der Waals surface area contributed by atoms with Gasteiger partial charge >= 0.3 is 6.01 Å². The monoisotopic (exact) mass is 442 g/mol. The molecule has 2 aliphatic carbocycles. The van der Waals surface area contributed by atoms with Crippen molar-refractivity contribution < 1.29 is 23.4 Å². The summed E-state index contributed by atoms with van der Waals surface area (Å²) in [7, 11) is 1.52. The lowest BCUT2D eigenvalue weighted by Crippen LogP contribution is -2.51. The molecule has 7 nitrogen and oxygen atoms in total. The van der Waals surface area contributed by atoms with Crippen LogP contribution in [0.3, 0.4) is 0 Å². The van der Waals surface area contributed by atoms with Crippen LogP contribution in [0.2, 0.25) is 0 Å². The number of aromatic nitrogens is 4. The zero-order valence-corrected chi connectivity index (χ0v) is 18.0. The van der Waals surface area contributed by atoms with Crippen molar-refractivity contribution in [1.29, 1.82) is 0 Å². The van der Waals surface area contributed by atoms with E-state index in [4.69, 9.17) is 9.47 Å². The molecule has 0 radical (unpaired) electrons. The number of nitrogens with zero attached hydrogens (tertiary/aromatic N) is 4. The Morgan fingerprint density at radius 2 is 1.91 bits per heavy atom. The number of hydrogen-bond acceptors (Lipinski definition) is 7. The Morgan fingerprint density at radius 1 is 1.09 bits per heavy atom. The number of benzene rings is 1. The Kier molecular flexibility index (Phi) is 4.60. The molecule has 0 saturated heterocycles.